The van der Waals surface area contributed by atoms with E-state index in [2.05, 4.69) is 34.6 Å². The lowest BCUT2D eigenvalue weighted by atomic mass is 9.48. The van der Waals surface area contributed by atoms with Crippen LogP contribution in [0.5, 0.6) is 0 Å². The molecule has 0 aromatic heterocycles. The third-order valence-corrected chi connectivity index (χ3v) is 11.5. The van der Waals surface area contributed by atoms with E-state index in [1.165, 1.54) is 0 Å². The van der Waals surface area contributed by atoms with Crippen LogP contribution in [0.4, 0.5) is 0 Å². The summed E-state index contributed by atoms with van der Waals surface area (Å²) >= 11 is 0. The molecule has 6 nitrogen and oxygen atoms in total. The SMILES string of the molecule is CC(C)[C@H](C)[C@@H](O)[C@H](O)[C@@H](C)[C@H]1CCC2C3COC(=O)C4C[C@H](O)[C@H](O)C[C@]4(C)C3CC[C@@]21C. The molecule has 1 aliphatic heterocycles. The summed E-state index contributed by atoms with van der Waals surface area (Å²) in [5, 5.41) is 42.9. The van der Waals surface area contributed by atoms with Gasteiger partial charge in [0.25, 0.3) is 0 Å². The average Bonchev–Trinajstić information content (AvgIpc) is 3.09. The van der Waals surface area contributed by atoms with Gasteiger partial charge in [0, 0.05) is 0 Å². The number of aliphatic hydroxyl groups is 4. The molecule has 0 aromatic carbocycles. The summed E-state index contributed by atoms with van der Waals surface area (Å²) in [6.45, 7) is 13.2. The maximum Gasteiger partial charge on any atom is 0.309 e. The summed E-state index contributed by atoms with van der Waals surface area (Å²) in [7, 11) is 0. The molecule has 4 unspecified atom stereocenters. The summed E-state index contributed by atoms with van der Waals surface area (Å²) in [6.07, 6.45) is 1.61. The van der Waals surface area contributed by atoms with Gasteiger partial charge in [-0.2, -0.15) is 0 Å². The summed E-state index contributed by atoms with van der Waals surface area (Å²) < 4.78 is 5.86. The predicted molar refractivity (Wildman–Crippen MR) is 130 cm³/mol. The molecule has 4 fully saturated rings. The minimum atomic E-state index is -0.867. The van der Waals surface area contributed by atoms with Gasteiger partial charge in [-0.15, -0.1) is 0 Å². The Balaban J connectivity index is 1.58. The normalized spacial score (nSPS) is 48.1. The Morgan fingerprint density at radius 1 is 0.912 bits per heavy atom. The number of carbonyl (C=O) groups is 1. The number of esters is 1. The molecule has 1 saturated heterocycles. The molecule has 34 heavy (non-hydrogen) atoms. The van der Waals surface area contributed by atoms with E-state index in [0.717, 1.165) is 25.7 Å². The number of cyclic esters (lactones) is 1. The van der Waals surface area contributed by atoms with E-state index in [0.29, 0.717) is 30.8 Å². The molecule has 0 bridgehead atoms. The molecule has 0 spiro atoms. The molecule has 3 saturated carbocycles. The van der Waals surface area contributed by atoms with Crippen LogP contribution in [0.1, 0.15) is 80.1 Å². The fourth-order valence-corrected chi connectivity index (χ4v) is 8.95. The zero-order chi connectivity index (χ0) is 25.2. The monoisotopic (exact) mass is 480 g/mol. The topological polar surface area (TPSA) is 107 Å². The average molecular weight is 481 g/mol. The molecule has 0 radical (unpaired) electrons. The number of aliphatic hydroxyl groups excluding tert-OH is 4. The number of fused-ring (bicyclic) bond motifs is 5. The zero-order valence-electron chi connectivity index (χ0n) is 22.0. The Morgan fingerprint density at radius 3 is 2.21 bits per heavy atom. The molecule has 6 heteroatoms. The minimum Gasteiger partial charge on any atom is -0.465 e. The lowest BCUT2D eigenvalue weighted by Gasteiger charge is -2.56. The van der Waals surface area contributed by atoms with E-state index in [-0.39, 0.29) is 52.8 Å². The highest BCUT2D eigenvalue weighted by Gasteiger charge is 2.63. The van der Waals surface area contributed by atoms with Gasteiger partial charge in [-0.3, -0.25) is 4.79 Å². The van der Waals surface area contributed by atoms with Crippen molar-refractivity contribution in [1.29, 1.82) is 0 Å². The third kappa shape index (κ3) is 4.05. The number of hydrogen-bond acceptors (Lipinski definition) is 6. The van der Waals surface area contributed by atoms with Gasteiger partial charge in [0.2, 0.25) is 0 Å². The molecule has 0 amide bonds. The van der Waals surface area contributed by atoms with Crippen LogP contribution >= 0.6 is 0 Å². The van der Waals surface area contributed by atoms with E-state index in [9.17, 15) is 25.2 Å². The third-order valence-electron chi connectivity index (χ3n) is 11.5. The zero-order valence-corrected chi connectivity index (χ0v) is 22.0. The van der Waals surface area contributed by atoms with Crippen LogP contribution < -0.4 is 0 Å². The molecule has 4 rings (SSSR count). The van der Waals surface area contributed by atoms with Crippen molar-refractivity contribution in [2.75, 3.05) is 6.61 Å². The maximum absolute atomic E-state index is 13.0. The van der Waals surface area contributed by atoms with Crippen molar-refractivity contribution >= 4 is 5.97 Å². The van der Waals surface area contributed by atoms with Gasteiger partial charge in [-0.1, -0.05) is 41.5 Å². The molecule has 13 atom stereocenters. The summed E-state index contributed by atoms with van der Waals surface area (Å²) in [6, 6.07) is 0. The molecular formula is C28H48O6. The van der Waals surface area contributed by atoms with E-state index in [1.807, 2.05) is 6.92 Å². The molecule has 0 aromatic rings. The minimum absolute atomic E-state index is 0.00827. The highest BCUT2D eigenvalue weighted by molar-refractivity contribution is 5.74. The second-order valence-corrected chi connectivity index (χ2v) is 13.3. The fraction of sp³-hybridized carbons (Fsp3) is 0.964. The number of ether oxygens (including phenoxy) is 1. The molecule has 1 heterocycles. The van der Waals surface area contributed by atoms with Crippen molar-refractivity contribution in [2.24, 2.45) is 58.2 Å². The summed E-state index contributed by atoms with van der Waals surface area (Å²) in [4.78, 5) is 13.0. The van der Waals surface area contributed by atoms with Gasteiger partial charge in [0.15, 0.2) is 0 Å². The summed E-state index contributed by atoms with van der Waals surface area (Å²) in [5.74, 6) is 0.948. The van der Waals surface area contributed by atoms with Gasteiger partial charge in [0.05, 0.1) is 36.9 Å². The van der Waals surface area contributed by atoms with Crippen LogP contribution in [-0.4, -0.2) is 57.4 Å². The predicted octanol–water partition coefficient (Wildman–Crippen LogP) is 3.39. The molecule has 4 N–H and O–H groups in total. The van der Waals surface area contributed by atoms with Crippen molar-refractivity contribution in [3.63, 3.8) is 0 Å². The maximum atomic E-state index is 13.0. The second-order valence-electron chi connectivity index (χ2n) is 13.3. The Morgan fingerprint density at radius 2 is 1.56 bits per heavy atom. The molecule has 196 valence electrons. The second kappa shape index (κ2) is 9.32. The fourth-order valence-electron chi connectivity index (χ4n) is 8.95. The van der Waals surface area contributed by atoms with E-state index in [4.69, 9.17) is 4.74 Å². The van der Waals surface area contributed by atoms with Crippen molar-refractivity contribution in [3.05, 3.63) is 0 Å². The first-order valence-electron chi connectivity index (χ1n) is 13.7. The van der Waals surface area contributed by atoms with Crippen molar-refractivity contribution in [2.45, 2.75) is 104 Å². The van der Waals surface area contributed by atoms with Crippen LogP contribution in [0.25, 0.3) is 0 Å². The quantitative estimate of drug-likeness (QED) is 0.450. The van der Waals surface area contributed by atoms with Crippen molar-refractivity contribution in [1.82, 2.24) is 0 Å². The summed E-state index contributed by atoms with van der Waals surface area (Å²) in [5.41, 5.74) is -0.345. The van der Waals surface area contributed by atoms with Crippen LogP contribution in [-0.2, 0) is 9.53 Å². The first kappa shape index (κ1) is 26.4. The molecule has 4 aliphatic rings. The first-order valence-corrected chi connectivity index (χ1v) is 13.7. The van der Waals surface area contributed by atoms with E-state index in [1.54, 1.807) is 0 Å². The van der Waals surface area contributed by atoms with Gasteiger partial charge < -0.3 is 25.2 Å². The standard InChI is InChI=1S/C28H48O6/c1-14(2)15(3)24(31)25(32)16(4)18-7-8-19-17-13-34-26(33)21-11-22(29)23(30)12-28(21,6)20(17)9-10-27(18,19)5/h14-25,29-32H,7-13H2,1-6H3/t15-,16-,17?,18+,19?,20?,21?,22-,23+,24+,25+,27+,28+/m0/s1. The Labute approximate surface area is 205 Å². The Hall–Kier alpha value is -0.690. The van der Waals surface area contributed by atoms with Crippen LogP contribution in [0.3, 0.4) is 0 Å². The highest BCUT2D eigenvalue weighted by atomic mass is 16.5. The Kier molecular flexibility index (Phi) is 7.23. The molecular weight excluding hydrogens is 432 g/mol. The number of rotatable bonds is 5. The lowest BCUT2D eigenvalue weighted by molar-refractivity contribution is -0.162. The van der Waals surface area contributed by atoms with Crippen LogP contribution in [0.15, 0.2) is 0 Å². The van der Waals surface area contributed by atoms with Crippen LogP contribution in [0.2, 0.25) is 0 Å². The highest BCUT2D eigenvalue weighted by Crippen LogP contribution is 2.66. The van der Waals surface area contributed by atoms with Gasteiger partial charge >= 0.3 is 5.97 Å². The van der Waals surface area contributed by atoms with E-state index < -0.39 is 24.4 Å². The molecule has 3 aliphatic carbocycles. The van der Waals surface area contributed by atoms with Crippen molar-refractivity contribution < 1.29 is 30.0 Å². The van der Waals surface area contributed by atoms with Crippen LogP contribution in [0, 0.1) is 58.2 Å². The smallest absolute Gasteiger partial charge is 0.309 e. The lowest BCUT2D eigenvalue weighted by Crippen LogP contribution is -2.55. The van der Waals surface area contributed by atoms with Gasteiger partial charge in [-0.25, -0.2) is 0 Å². The van der Waals surface area contributed by atoms with E-state index >= 15 is 0 Å². The number of carbonyl (C=O) groups excluding carboxylic acids is 1. The first-order chi connectivity index (χ1) is 15.8. The largest absolute Gasteiger partial charge is 0.465 e. The number of hydrogen-bond donors (Lipinski definition) is 4. The van der Waals surface area contributed by atoms with Gasteiger partial charge in [-0.05, 0) is 90.8 Å². The van der Waals surface area contributed by atoms with Gasteiger partial charge in [0.1, 0.15) is 0 Å². The Bertz CT molecular complexity index is 755. The van der Waals surface area contributed by atoms with Crippen molar-refractivity contribution in [3.8, 4) is 0 Å².